The zero-order chi connectivity index (χ0) is 15.0. The third-order valence-corrected chi connectivity index (χ3v) is 3.77. The van der Waals surface area contributed by atoms with E-state index >= 15 is 0 Å². The van der Waals surface area contributed by atoms with Gasteiger partial charge in [0.05, 0.1) is 22.8 Å². The standard InChI is InChI=1S/C16H16N2O3/c1-10(21-9-19)7-12-16(20)15-11-5-3-4-6-13(11)18(2)14(15)8-17-12/h3-6,8-10,20H,7H2,1-2H3. The van der Waals surface area contributed by atoms with Gasteiger partial charge in [0.2, 0.25) is 0 Å². The average molecular weight is 284 g/mol. The Morgan fingerprint density at radius 1 is 1.38 bits per heavy atom. The molecule has 1 unspecified atom stereocenters. The van der Waals surface area contributed by atoms with Crippen LogP contribution in [0.15, 0.2) is 30.5 Å². The predicted octanol–water partition coefficient (Wildman–Crippen LogP) is 2.54. The monoisotopic (exact) mass is 284 g/mol. The maximum atomic E-state index is 10.6. The number of benzene rings is 1. The number of rotatable bonds is 4. The van der Waals surface area contributed by atoms with E-state index in [4.69, 9.17) is 4.74 Å². The third-order valence-electron chi connectivity index (χ3n) is 3.77. The van der Waals surface area contributed by atoms with Gasteiger partial charge in [0.15, 0.2) is 0 Å². The molecule has 0 spiro atoms. The van der Waals surface area contributed by atoms with Crippen molar-refractivity contribution in [3.63, 3.8) is 0 Å². The van der Waals surface area contributed by atoms with Gasteiger partial charge in [-0.1, -0.05) is 18.2 Å². The van der Waals surface area contributed by atoms with Crippen LogP contribution in [0.2, 0.25) is 0 Å². The molecule has 5 nitrogen and oxygen atoms in total. The Balaban J connectivity index is 2.20. The molecule has 0 aliphatic carbocycles. The Morgan fingerprint density at radius 3 is 2.90 bits per heavy atom. The van der Waals surface area contributed by atoms with E-state index in [0.717, 1.165) is 21.8 Å². The summed E-state index contributed by atoms with van der Waals surface area (Å²) in [5.74, 6) is 0.158. The number of hydrogen-bond acceptors (Lipinski definition) is 4. The lowest BCUT2D eigenvalue weighted by Crippen LogP contribution is -2.11. The summed E-state index contributed by atoms with van der Waals surface area (Å²) in [7, 11) is 1.95. The first-order valence-corrected chi connectivity index (χ1v) is 6.76. The molecule has 2 heterocycles. The van der Waals surface area contributed by atoms with E-state index in [1.54, 1.807) is 13.1 Å². The zero-order valence-electron chi connectivity index (χ0n) is 11.9. The minimum absolute atomic E-state index is 0.158. The van der Waals surface area contributed by atoms with Gasteiger partial charge in [0, 0.05) is 24.4 Å². The molecule has 2 aromatic heterocycles. The molecule has 0 fully saturated rings. The lowest BCUT2D eigenvalue weighted by molar-refractivity contribution is -0.132. The Labute approximate surface area is 121 Å². The Kier molecular flexibility index (Phi) is 3.25. The van der Waals surface area contributed by atoms with Crippen LogP contribution in [0.1, 0.15) is 12.6 Å². The Bertz CT molecular complexity index is 823. The number of pyridine rings is 1. The van der Waals surface area contributed by atoms with Crippen molar-refractivity contribution in [1.82, 2.24) is 9.55 Å². The van der Waals surface area contributed by atoms with Crippen molar-refractivity contribution in [2.24, 2.45) is 7.05 Å². The molecule has 1 atom stereocenters. The first-order chi connectivity index (χ1) is 10.1. The smallest absolute Gasteiger partial charge is 0.293 e. The van der Waals surface area contributed by atoms with Crippen LogP contribution in [-0.2, 0) is 23.0 Å². The predicted molar refractivity (Wildman–Crippen MR) is 80.2 cm³/mol. The van der Waals surface area contributed by atoms with Crippen molar-refractivity contribution in [2.75, 3.05) is 0 Å². The number of fused-ring (bicyclic) bond motifs is 3. The number of nitrogens with zero attached hydrogens (tertiary/aromatic N) is 2. The van der Waals surface area contributed by atoms with Gasteiger partial charge in [-0.15, -0.1) is 0 Å². The second-order valence-corrected chi connectivity index (χ2v) is 5.14. The molecule has 0 amide bonds. The molecular formula is C16H16N2O3. The molecule has 5 heteroatoms. The van der Waals surface area contributed by atoms with Gasteiger partial charge < -0.3 is 14.4 Å². The van der Waals surface area contributed by atoms with Gasteiger partial charge in [-0.05, 0) is 13.0 Å². The number of carbonyl (C=O) groups excluding carboxylic acids is 1. The lowest BCUT2D eigenvalue weighted by atomic mass is 10.1. The summed E-state index contributed by atoms with van der Waals surface area (Å²) >= 11 is 0. The van der Waals surface area contributed by atoms with Crippen LogP contribution in [0.4, 0.5) is 0 Å². The van der Waals surface area contributed by atoms with Crippen LogP contribution < -0.4 is 0 Å². The number of ether oxygens (including phenoxy) is 1. The van der Waals surface area contributed by atoms with E-state index in [1.165, 1.54) is 0 Å². The largest absolute Gasteiger partial charge is 0.505 e. The molecule has 1 aromatic carbocycles. The number of para-hydroxylation sites is 1. The second-order valence-electron chi connectivity index (χ2n) is 5.14. The summed E-state index contributed by atoms with van der Waals surface area (Å²) < 4.78 is 6.88. The molecule has 0 aliphatic rings. The summed E-state index contributed by atoms with van der Waals surface area (Å²) in [4.78, 5) is 14.7. The molecule has 0 saturated heterocycles. The van der Waals surface area contributed by atoms with Gasteiger partial charge in [-0.3, -0.25) is 9.78 Å². The van der Waals surface area contributed by atoms with E-state index < -0.39 is 0 Å². The highest BCUT2D eigenvalue weighted by atomic mass is 16.5. The fourth-order valence-electron chi connectivity index (χ4n) is 2.72. The van der Waals surface area contributed by atoms with Crippen molar-refractivity contribution < 1.29 is 14.6 Å². The Hall–Kier alpha value is -2.56. The first-order valence-electron chi connectivity index (χ1n) is 6.76. The van der Waals surface area contributed by atoms with Crippen LogP contribution in [0.3, 0.4) is 0 Å². The number of aryl methyl sites for hydroxylation is 1. The molecule has 3 rings (SSSR count). The molecule has 0 aliphatic heterocycles. The third kappa shape index (κ3) is 2.11. The molecule has 0 radical (unpaired) electrons. The summed E-state index contributed by atoms with van der Waals surface area (Å²) in [6.45, 7) is 2.18. The van der Waals surface area contributed by atoms with Gasteiger partial charge >= 0.3 is 0 Å². The number of hydrogen-bond donors (Lipinski definition) is 1. The molecule has 3 aromatic rings. The van der Waals surface area contributed by atoms with Crippen LogP contribution in [-0.4, -0.2) is 27.2 Å². The minimum Gasteiger partial charge on any atom is -0.505 e. The number of aromatic nitrogens is 2. The van der Waals surface area contributed by atoms with Crippen molar-refractivity contribution in [3.8, 4) is 5.75 Å². The van der Waals surface area contributed by atoms with E-state index in [0.29, 0.717) is 18.6 Å². The number of carbonyl (C=O) groups is 1. The highest BCUT2D eigenvalue weighted by molar-refractivity contribution is 6.10. The summed E-state index contributed by atoms with van der Waals surface area (Å²) in [6.07, 6.45) is 1.80. The van der Waals surface area contributed by atoms with Crippen LogP contribution in [0.25, 0.3) is 21.8 Å². The summed E-state index contributed by atoms with van der Waals surface area (Å²) in [6, 6.07) is 7.89. The molecular weight excluding hydrogens is 268 g/mol. The van der Waals surface area contributed by atoms with Crippen molar-refractivity contribution in [2.45, 2.75) is 19.4 Å². The summed E-state index contributed by atoms with van der Waals surface area (Å²) in [5.41, 5.74) is 2.45. The fourth-order valence-corrected chi connectivity index (χ4v) is 2.72. The minimum atomic E-state index is -0.326. The quantitative estimate of drug-likeness (QED) is 0.748. The SMILES string of the molecule is CC(Cc1ncc2c(c1O)c1ccccc1n2C)OC=O. The normalized spacial score (nSPS) is 12.7. The molecule has 0 bridgehead atoms. The summed E-state index contributed by atoms with van der Waals surface area (Å²) in [5, 5.41) is 12.3. The second kappa shape index (κ2) is 5.09. The highest BCUT2D eigenvalue weighted by Gasteiger charge is 2.17. The van der Waals surface area contributed by atoms with Crippen LogP contribution in [0.5, 0.6) is 5.75 Å². The first kappa shape index (κ1) is 13.4. The Morgan fingerprint density at radius 2 is 2.14 bits per heavy atom. The highest BCUT2D eigenvalue weighted by Crippen LogP contribution is 2.35. The van der Waals surface area contributed by atoms with Gasteiger partial charge in [0.25, 0.3) is 6.47 Å². The van der Waals surface area contributed by atoms with E-state index in [9.17, 15) is 9.90 Å². The zero-order valence-corrected chi connectivity index (χ0v) is 11.9. The maximum Gasteiger partial charge on any atom is 0.293 e. The number of aromatic hydroxyl groups is 1. The molecule has 108 valence electrons. The topological polar surface area (TPSA) is 64.3 Å². The van der Waals surface area contributed by atoms with Gasteiger partial charge in [-0.2, -0.15) is 0 Å². The molecule has 0 saturated carbocycles. The van der Waals surface area contributed by atoms with Gasteiger partial charge in [-0.25, -0.2) is 0 Å². The van der Waals surface area contributed by atoms with E-state index in [-0.39, 0.29) is 11.9 Å². The van der Waals surface area contributed by atoms with Crippen LogP contribution >= 0.6 is 0 Å². The van der Waals surface area contributed by atoms with Crippen LogP contribution in [0, 0.1) is 0 Å². The van der Waals surface area contributed by atoms with E-state index in [2.05, 4.69) is 4.98 Å². The van der Waals surface area contributed by atoms with E-state index in [1.807, 2.05) is 35.9 Å². The molecule has 21 heavy (non-hydrogen) atoms. The maximum absolute atomic E-state index is 10.6. The van der Waals surface area contributed by atoms with Crippen molar-refractivity contribution in [1.29, 1.82) is 0 Å². The molecule has 1 N–H and O–H groups in total. The average Bonchev–Trinajstić information content (AvgIpc) is 2.77. The fraction of sp³-hybridized carbons (Fsp3) is 0.250. The lowest BCUT2D eigenvalue weighted by Gasteiger charge is -2.10. The van der Waals surface area contributed by atoms with Crippen molar-refractivity contribution >= 4 is 28.3 Å². The van der Waals surface area contributed by atoms with Crippen molar-refractivity contribution in [3.05, 3.63) is 36.2 Å². The van der Waals surface area contributed by atoms with Gasteiger partial charge in [0.1, 0.15) is 11.9 Å².